The van der Waals surface area contributed by atoms with E-state index in [1.54, 1.807) is 6.07 Å². The molecule has 70 heavy (non-hydrogen) atoms. The van der Waals surface area contributed by atoms with E-state index in [1.807, 2.05) is 31.3 Å². The fraction of sp³-hybridized carbons (Fsp3) is 0.492. The number of H-pyrrole nitrogens is 2. The Morgan fingerprint density at radius 2 is 1.84 bits per heavy atom. The number of nitrogens with one attached hydrogen (secondary N) is 3. The fourth-order valence-corrected chi connectivity index (χ4v) is 13.8. The van der Waals surface area contributed by atoms with Crippen molar-refractivity contribution < 1.29 is 34.7 Å². The van der Waals surface area contributed by atoms with E-state index in [0.29, 0.717) is 37.0 Å². The molecule has 6 aliphatic carbocycles. The molecule has 0 radical (unpaired) electrons. The van der Waals surface area contributed by atoms with Crippen LogP contribution in [-0.2, 0) is 25.9 Å². The summed E-state index contributed by atoms with van der Waals surface area (Å²) in [4.78, 5) is 6.93. The van der Waals surface area contributed by atoms with E-state index in [-0.39, 0.29) is 54.1 Å². The largest absolute Gasteiger partial charge is 0.504 e. The second-order valence-corrected chi connectivity index (χ2v) is 21.8. The lowest BCUT2D eigenvalue weighted by molar-refractivity contribution is 0.0653. The minimum Gasteiger partial charge on any atom is -0.504 e. The van der Waals surface area contributed by atoms with Gasteiger partial charge in [0.2, 0.25) is 0 Å². The van der Waals surface area contributed by atoms with Gasteiger partial charge in [-0.05, 0) is 151 Å². The standard InChI is InChI=1S/C59H72N4O7/c1-34(65)30-61-31-49-48-29-52(63-57(48)39-18-21-59(49)20-4-6-41(59)25-39)54(67)33-69-56-24-36(10-17-53(56)66)8-12-42-26-40(32-64)55(70-42)7-3-2-5-35-9-13-44(50(60)23-35)46-16-15-43-45(58(46)68)14-11-37-28-51-38(19-22-62-51)27-47(37)43/h10-11,14-19,21-22,24,26-29,34-35,39,41,44,46,49-50,54,58,61-68H,2-9,12-13,20,23,25,30-33,60H2,1H3/t34-,35+,39-,41+,44-,46+,49-,50+,54-,58-,59+/m0/s1. The zero-order chi connectivity index (χ0) is 48.1. The van der Waals surface area contributed by atoms with Gasteiger partial charge >= 0.3 is 0 Å². The molecular weight excluding hydrogens is 877 g/mol. The van der Waals surface area contributed by atoms with Gasteiger partial charge in [-0.25, -0.2) is 0 Å². The second kappa shape index (κ2) is 19.8. The zero-order valence-corrected chi connectivity index (χ0v) is 40.6. The summed E-state index contributed by atoms with van der Waals surface area (Å²) in [6.45, 7) is 3.04. The molecule has 2 bridgehead atoms. The molecule has 0 unspecified atom stereocenters. The van der Waals surface area contributed by atoms with E-state index in [9.17, 15) is 25.5 Å². The number of nitrogens with two attached hydrogens (primary N) is 1. The van der Waals surface area contributed by atoms with Gasteiger partial charge in [-0.3, -0.25) is 0 Å². The highest BCUT2D eigenvalue weighted by molar-refractivity contribution is 6.01. The Morgan fingerprint density at radius 1 is 0.943 bits per heavy atom. The maximum Gasteiger partial charge on any atom is 0.161 e. The van der Waals surface area contributed by atoms with Crippen molar-refractivity contribution in [2.75, 3.05) is 19.7 Å². The Hall–Kier alpha value is -5.14. The summed E-state index contributed by atoms with van der Waals surface area (Å²) in [5.41, 5.74) is 15.2. The van der Waals surface area contributed by atoms with Crippen LogP contribution in [-0.4, -0.2) is 67.3 Å². The van der Waals surface area contributed by atoms with E-state index in [4.69, 9.17) is 14.9 Å². The third-order valence-corrected chi connectivity index (χ3v) is 17.5. The fourth-order valence-electron chi connectivity index (χ4n) is 13.8. The molecule has 6 aliphatic rings. The highest BCUT2D eigenvalue weighted by Gasteiger charge is 2.53. The normalized spacial score (nSPS) is 27.7. The molecule has 11 atom stereocenters. The number of aryl methyl sites for hydroxylation is 3. The van der Waals surface area contributed by atoms with E-state index < -0.39 is 18.3 Å². The minimum atomic E-state index is -0.913. The Labute approximate surface area is 411 Å². The number of aromatic amines is 2. The van der Waals surface area contributed by atoms with Gasteiger partial charge in [0.15, 0.2) is 11.5 Å². The van der Waals surface area contributed by atoms with Crippen molar-refractivity contribution in [3.8, 4) is 11.5 Å². The lowest BCUT2D eigenvalue weighted by Crippen LogP contribution is -2.42. The zero-order valence-electron chi connectivity index (χ0n) is 40.6. The molecule has 0 amide bonds. The van der Waals surface area contributed by atoms with Crippen molar-refractivity contribution in [1.29, 1.82) is 0 Å². The number of aliphatic hydroxyl groups is 4. The first-order valence-electron chi connectivity index (χ1n) is 26.4. The molecule has 0 saturated heterocycles. The first-order valence-corrected chi connectivity index (χ1v) is 26.4. The average Bonchev–Trinajstić information content (AvgIpc) is 4.17. The highest BCUT2D eigenvalue weighted by Crippen LogP contribution is 2.62. The first-order chi connectivity index (χ1) is 34.0. The summed E-state index contributed by atoms with van der Waals surface area (Å²) < 4.78 is 12.5. The average molecular weight is 949 g/mol. The van der Waals surface area contributed by atoms with Gasteiger partial charge in [0, 0.05) is 83.8 Å². The number of furan rings is 1. The minimum absolute atomic E-state index is 0.00874. The number of aliphatic hydroxyl groups excluding tert-OH is 4. The number of ether oxygens (including phenoxy) is 1. The van der Waals surface area contributed by atoms with Crippen LogP contribution in [0.2, 0.25) is 0 Å². The second-order valence-electron chi connectivity index (χ2n) is 21.8. The lowest BCUT2D eigenvalue weighted by Gasteiger charge is -2.41. The van der Waals surface area contributed by atoms with Crippen LogP contribution in [0.4, 0.5) is 0 Å². The summed E-state index contributed by atoms with van der Waals surface area (Å²) in [7, 11) is 0. The number of allylic oxidation sites excluding steroid dienone is 2. The molecule has 12 rings (SSSR count). The van der Waals surface area contributed by atoms with E-state index >= 15 is 0 Å². The van der Waals surface area contributed by atoms with E-state index in [1.165, 1.54) is 40.3 Å². The summed E-state index contributed by atoms with van der Waals surface area (Å²) >= 11 is 0. The molecule has 2 fully saturated rings. The van der Waals surface area contributed by atoms with Crippen LogP contribution in [0.3, 0.4) is 0 Å². The van der Waals surface area contributed by atoms with Gasteiger partial charge in [-0.15, -0.1) is 0 Å². The van der Waals surface area contributed by atoms with E-state index in [2.05, 4.69) is 76.0 Å². The molecule has 3 aromatic heterocycles. The number of unbranched alkanes of at least 4 members (excludes halogenated alkanes) is 1. The molecule has 370 valence electrons. The van der Waals surface area contributed by atoms with Crippen molar-refractivity contribution in [1.82, 2.24) is 15.3 Å². The van der Waals surface area contributed by atoms with Gasteiger partial charge in [0.1, 0.15) is 24.2 Å². The molecular formula is C59H72N4O7. The Morgan fingerprint density at radius 3 is 2.70 bits per heavy atom. The number of hydrogen-bond acceptors (Lipinski definition) is 9. The molecule has 0 aliphatic heterocycles. The molecule has 3 heterocycles. The molecule has 6 aromatic rings. The van der Waals surface area contributed by atoms with Crippen LogP contribution < -0.4 is 15.8 Å². The lowest BCUT2D eigenvalue weighted by atomic mass is 9.64. The number of phenolic OH excluding ortho intramolecular Hbond substituents is 1. The Kier molecular flexibility index (Phi) is 13.4. The van der Waals surface area contributed by atoms with Crippen molar-refractivity contribution in [3.05, 3.63) is 136 Å². The Balaban J connectivity index is 0.653. The summed E-state index contributed by atoms with van der Waals surface area (Å²) in [6.07, 6.45) is 22.4. The monoisotopic (exact) mass is 949 g/mol. The van der Waals surface area contributed by atoms with Crippen molar-refractivity contribution in [2.24, 2.45) is 34.8 Å². The maximum atomic E-state index is 11.7. The third-order valence-electron chi connectivity index (χ3n) is 17.5. The summed E-state index contributed by atoms with van der Waals surface area (Å²) in [6, 6.07) is 20.2. The van der Waals surface area contributed by atoms with Gasteiger partial charge in [-0.1, -0.05) is 68.2 Å². The van der Waals surface area contributed by atoms with Crippen LogP contribution in [0.25, 0.3) is 27.8 Å². The number of hydrogen-bond donors (Lipinski definition) is 9. The molecule has 3 aromatic carbocycles. The number of aromatic hydroxyl groups is 1. The smallest absolute Gasteiger partial charge is 0.161 e. The van der Waals surface area contributed by atoms with Gasteiger partial charge < -0.3 is 55.7 Å². The molecule has 1 spiro atoms. The van der Waals surface area contributed by atoms with Crippen LogP contribution in [0.1, 0.15) is 146 Å². The number of rotatable bonds is 18. The van der Waals surface area contributed by atoms with Gasteiger partial charge in [0.05, 0.1) is 18.8 Å². The highest BCUT2D eigenvalue weighted by atomic mass is 16.5. The number of phenols is 1. The Bertz CT molecular complexity index is 2870. The molecule has 2 saturated carbocycles. The number of fused-ring (bicyclic) bond motifs is 4. The van der Waals surface area contributed by atoms with Crippen molar-refractivity contribution >= 4 is 27.8 Å². The molecule has 11 nitrogen and oxygen atoms in total. The number of aromatic nitrogens is 2. The summed E-state index contributed by atoms with van der Waals surface area (Å²) in [5.74, 6) is 4.00. The van der Waals surface area contributed by atoms with E-state index in [0.717, 1.165) is 109 Å². The summed E-state index contributed by atoms with van der Waals surface area (Å²) in [5, 5.41) is 61.3. The predicted octanol–water partition coefficient (Wildman–Crippen LogP) is 10.1. The first kappa shape index (κ1) is 47.2. The molecule has 11 heteroatoms. The van der Waals surface area contributed by atoms with Crippen molar-refractivity contribution in [3.63, 3.8) is 0 Å². The topological polar surface area (TPSA) is 193 Å². The predicted molar refractivity (Wildman–Crippen MR) is 275 cm³/mol. The maximum absolute atomic E-state index is 11.7. The van der Waals surface area contributed by atoms with Crippen LogP contribution in [0.15, 0.2) is 89.5 Å². The van der Waals surface area contributed by atoms with Crippen molar-refractivity contribution in [2.45, 2.75) is 133 Å². The van der Waals surface area contributed by atoms with Crippen LogP contribution in [0.5, 0.6) is 11.5 Å². The van der Waals surface area contributed by atoms with Gasteiger partial charge in [0.25, 0.3) is 0 Å². The number of benzene rings is 3. The van der Waals surface area contributed by atoms with Crippen LogP contribution in [0, 0.1) is 29.1 Å². The van der Waals surface area contributed by atoms with Crippen LogP contribution >= 0.6 is 0 Å². The molecule has 10 N–H and O–H groups in total. The quantitative estimate of drug-likeness (QED) is 0.0298. The van der Waals surface area contributed by atoms with Gasteiger partial charge in [-0.2, -0.15) is 0 Å². The third kappa shape index (κ3) is 9.07. The SMILES string of the molecule is C[C@H](O)CNC[C@H]1c2cc([C@@H](O)COc3cc(CCc4cc(CO)c(CCCC[C@@H]5CC[C@@H]([C@H]6C=Cc7c(ccc8cc9[nH]ccc9cc78)[C@@H]6O)[C@H](N)C5)o4)ccc3O)[nH]c2[C@H]2C=C[C@@]13CCC[C@@H]3C2.